The van der Waals surface area contributed by atoms with Gasteiger partial charge in [0, 0.05) is 57.2 Å². The van der Waals surface area contributed by atoms with Crippen molar-refractivity contribution in [3.05, 3.63) is 59.6 Å². The van der Waals surface area contributed by atoms with Gasteiger partial charge in [-0.05, 0) is 82.1 Å². The maximum Gasteiger partial charge on any atom is 0.415 e. The van der Waals surface area contributed by atoms with E-state index in [2.05, 4.69) is 43.0 Å². The molecule has 4 atom stereocenters. The Hall–Kier alpha value is -7.24. The third kappa shape index (κ3) is 21.5. The summed E-state index contributed by atoms with van der Waals surface area (Å²) >= 11 is 0. The number of rotatable bonds is 33. The van der Waals surface area contributed by atoms with Crippen LogP contribution in [-0.2, 0) is 47.8 Å². The number of aliphatic carboxylic acids is 1. The molecule has 0 bridgehead atoms. The Kier molecular flexibility index (Phi) is 26.0. The second-order valence-electron chi connectivity index (χ2n) is 17.6. The van der Waals surface area contributed by atoms with Crippen LogP contribution in [0.15, 0.2) is 54.0 Å². The van der Waals surface area contributed by atoms with Crippen LogP contribution in [-0.4, -0.2) is 166 Å². The number of carboxylic acid groups (broad SMARTS) is 1. The molecule has 1 aromatic heterocycles. The van der Waals surface area contributed by atoms with Gasteiger partial charge in [-0.15, -0.1) is 0 Å². The first-order valence-electron chi connectivity index (χ1n) is 24.8. The number of nitriles is 1. The second-order valence-corrected chi connectivity index (χ2v) is 17.6. The normalized spacial score (nSPS) is 16.0. The van der Waals surface area contributed by atoms with Crippen molar-refractivity contribution in [1.29, 1.82) is 5.26 Å². The summed E-state index contributed by atoms with van der Waals surface area (Å²) in [5.41, 5.74) is -0.707. The molecule has 76 heavy (non-hydrogen) atoms. The number of hydrogen-bond acceptors (Lipinski definition) is 14. The van der Waals surface area contributed by atoms with Crippen molar-refractivity contribution in [2.45, 2.75) is 95.4 Å². The number of aromatic nitrogens is 1. The summed E-state index contributed by atoms with van der Waals surface area (Å²) in [6.45, 7) is 2.51. The van der Waals surface area contributed by atoms with Crippen molar-refractivity contribution in [2.24, 2.45) is 5.92 Å². The van der Waals surface area contributed by atoms with Crippen molar-refractivity contribution in [3.8, 4) is 11.8 Å². The maximum atomic E-state index is 13.7. The fraction of sp³-hybridized carbons (Fsp3) is 0.560. The number of carbonyl (C=O) groups is 8. The second kappa shape index (κ2) is 32.3. The maximum absolute atomic E-state index is 13.7. The van der Waals surface area contributed by atoms with Crippen LogP contribution in [0.4, 0.5) is 17.6 Å². The van der Waals surface area contributed by atoms with E-state index >= 15 is 0 Å². The smallest absolute Gasteiger partial charge is 0.415 e. The molecule has 22 nitrogen and oxygen atoms in total. The summed E-state index contributed by atoms with van der Waals surface area (Å²) in [6.07, 6.45) is -0.247. The topological polar surface area (TPSA) is 306 Å². The molecule has 0 spiro atoms. The highest BCUT2D eigenvalue weighted by atomic mass is 19.4. The van der Waals surface area contributed by atoms with Gasteiger partial charge in [0.2, 0.25) is 29.5 Å². The standard InChI is InChI=1S/C50H65F4N9O13/c1-32(64)56-16-4-3-9-41(49(71)72)62-48(70)40(8-2-5-17-59-46(68)33-10-13-39(51)38(27-33)50(52,53)54)61-43(65)15-21-73-23-25-75-26-24-74-22-19-58-44(66)31-76-35-11-12-36-37(14-18-57-42(36)28-35)47(69)60-30-45(67)63-20-6-7-34(63)29-55/h10-14,18,28,33-34,40-41H,2-9,15-17,19-27,30-31H2,1H3,(H,56,64)(H,58,66)(H,59,68)(H,60,69)(H,61,65)(H,62,70)(H,71,72)/t33?,34-,40-,41-/m0/s1. The molecule has 26 heteroatoms. The van der Waals surface area contributed by atoms with E-state index < -0.39 is 83.5 Å². The summed E-state index contributed by atoms with van der Waals surface area (Å²) in [7, 11) is 0. The molecular formula is C50H65F4N9O13. The number of nitrogens with zero attached hydrogens (tertiary/aromatic N) is 3. The number of pyridine rings is 1. The molecular weight excluding hydrogens is 1010 g/mol. The summed E-state index contributed by atoms with van der Waals surface area (Å²) in [5, 5.41) is 34.9. The monoisotopic (exact) mass is 1080 g/mol. The lowest BCUT2D eigenvalue weighted by molar-refractivity contribution is -0.142. The van der Waals surface area contributed by atoms with Crippen LogP contribution in [0.2, 0.25) is 0 Å². The number of ether oxygens (including phenoxy) is 4. The molecule has 0 saturated carbocycles. The molecule has 1 saturated heterocycles. The van der Waals surface area contributed by atoms with E-state index in [1.165, 1.54) is 24.1 Å². The number of unbranched alkanes of at least 4 members (excludes halogenated alkanes) is 2. The molecule has 1 fully saturated rings. The van der Waals surface area contributed by atoms with Gasteiger partial charge in [-0.2, -0.15) is 18.4 Å². The molecule has 7 N–H and O–H groups in total. The molecule has 416 valence electrons. The van der Waals surface area contributed by atoms with Gasteiger partial charge in [-0.25, -0.2) is 9.18 Å². The highest BCUT2D eigenvalue weighted by Gasteiger charge is 2.40. The lowest BCUT2D eigenvalue weighted by Gasteiger charge is -2.22. The van der Waals surface area contributed by atoms with E-state index in [1.807, 2.05) is 0 Å². The van der Waals surface area contributed by atoms with Gasteiger partial charge in [0.25, 0.3) is 11.8 Å². The van der Waals surface area contributed by atoms with Crippen LogP contribution in [0.5, 0.6) is 5.75 Å². The zero-order valence-corrected chi connectivity index (χ0v) is 42.1. The predicted molar refractivity (Wildman–Crippen MR) is 262 cm³/mol. The van der Waals surface area contributed by atoms with Gasteiger partial charge in [0.15, 0.2) is 6.61 Å². The first kappa shape index (κ1) is 61.3. The Morgan fingerprint density at radius 2 is 1.53 bits per heavy atom. The number of nitrogens with one attached hydrogen (secondary N) is 6. The van der Waals surface area contributed by atoms with Crippen LogP contribution >= 0.6 is 0 Å². The minimum atomic E-state index is -4.93. The molecule has 2 aromatic rings. The van der Waals surface area contributed by atoms with Crippen molar-refractivity contribution in [3.63, 3.8) is 0 Å². The number of benzene rings is 1. The molecule has 4 rings (SSSR count). The molecule has 2 aliphatic rings. The first-order valence-corrected chi connectivity index (χ1v) is 24.8. The molecule has 0 radical (unpaired) electrons. The molecule has 1 aromatic carbocycles. The number of allylic oxidation sites excluding steroid dienone is 3. The third-order valence-electron chi connectivity index (χ3n) is 11.9. The predicted octanol–water partition coefficient (Wildman–Crippen LogP) is 2.42. The lowest BCUT2D eigenvalue weighted by atomic mass is 9.92. The molecule has 2 heterocycles. The van der Waals surface area contributed by atoms with E-state index in [0.717, 1.165) is 12.5 Å². The Balaban J connectivity index is 1.08. The van der Waals surface area contributed by atoms with Crippen molar-refractivity contribution < 1.29 is 80.0 Å². The Bertz CT molecular complexity index is 2430. The van der Waals surface area contributed by atoms with Crippen molar-refractivity contribution in [1.82, 2.24) is 41.8 Å². The van der Waals surface area contributed by atoms with Crippen LogP contribution < -0.4 is 36.6 Å². The van der Waals surface area contributed by atoms with Crippen molar-refractivity contribution >= 4 is 58.2 Å². The summed E-state index contributed by atoms with van der Waals surface area (Å²) in [6, 6.07) is 5.42. The van der Waals surface area contributed by atoms with Crippen LogP contribution in [0.1, 0.15) is 81.5 Å². The SMILES string of the molecule is CC(=O)NCCCC[C@H](NC(=O)[C@H](CCCCNC(=O)C1C=CC(F)=C(C(F)(F)F)C1)NC(=O)CCOCCOCCOCCNC(=O)COc1ccc2c(C(=O)NCC(=O)N3CCC[C@H]3C#N)ccnc2c1)C(=O)O. The van der Waals surface area contributed by atoms with E-state index in [4.69, 9.17) is 18.9 Å². The van der Waals surface area contributed by atoms with E-state index in [0.29, 0.717) is 60.6 Å². The number of halogens is 4. The number of carbonyl (C=O) groups excluding carboxylic acids is 7. The van der Waals surface area contributed by atoms with Gasteiger partial charge in [-0.3, -0.25) is 38.5 Å². The van der Waals surface area contributed by atoms with Gasteiger partial charge in [0.1, 0.15) is 29.7 Å². The first-order chi connectivity index (χ1) is 36.4. The zero-order valence-electron chi connectivity index (χ0n) is 42.1. The summed E-state index contributed by atoms with van der Waals surface area (Å²) in [5.74, 6) is -7.25. The van der Waals surface area contributed by atoms with Gasteiger partial charge < -0.3 is 60.9 Å². The Morgan fingerprint density at radius 1 is 0.842 bits per heavy atom. The average Bonchev–Trinajstić information content (AvgIpc) is 3.87. The lowest BCUT2D eigenvalue weighted by Crippen LogP contribution is -2.51. The van der Waals surface area contributed by atoms with E-state index in [9.17, 15) is 66.3 Å². The number of amides is 7. The fourth-order valence-corrected chi connectivity index (χ4v) is 7.87. The van der Waals surface area contributed by atoms with Crippen LogP contribution in [0, 0.1) is 17.2 Å². The molecule has 7 amide bonds. The third-order valence-corrected chi connectivity index (χ3v) is 11.9. The molecule has 1 unspecified atom stereocenters. The Morgan fingerprint density at radius 3 is 2.21 bits per heavy atom. The van der Waals surface area contributed by atoms with E-state index in [-0.39, 0.29) is 110 Å². The van der Waals surface area contributed by atoms with Gasteiger partial charge in [0.05, 0.1) is 74.8 Å². The molecule has 1 aliphatic carbocycles. The largest absolute Gasteiger partial charge is 0.484 e. The Labute approximate surface area is 436 Å². The van der Waals surface area contributed by atoms with Gasteiger partial charge >= 0.3 is 12.1 Å². The number of fused-ring (bicyclic) bond motifs is 1. The minimum Gasteiger partial charge on any atom is -0.484 e. The summed E-state index contributed by atoms with van der Waals surface area (Å²) in [4.78, 5) is 106. The quantitative estimate of drug-likeness (QED) is 0.0399. The number of hydrogen-bond donors (Lipinski definition) is 7. The minimum absolute atomic E-state index is 0.00543. The van der Waals surface area contributed by atoms with Crippen LogP contribution in [0.25, 0.3) is 10.9 Å². The number of likely N-dealkylation sites (tertiary alicyclic amines) is 1. The number of carboxylic acids is 1. The average molecular weight is 1080 g/mol. The van der Waals surface area contributed by atoms with Crippen molar-refractivity contribution in [2.75, 3.05) is 79.0 Å². The van der Waals surface area contributed by atoms with Gasteiger partial charge in [-0.1, -0.05) is 6.08 Å². The van der Waals surface area contributed by atoms with E-state index in [1.54, 1.807) is 18.2 Å². The highest BCUT2D eigenvalue weighted by molar-refractivity contribution is 6.07. The number of alkyl halides is 3. The summed E-state index contributed by atoms with van der Waals surface area (Å²) < 4.78 is 75.3. The fourth-order valence-electron chi connectivity index (χ4n) is 7.87. The zero-order chi connectivity index (χ0) is 55.5. The highest BCUT2D eigenvalue weighted by Crippen LogP contribution is 2.37. The van der Waals surface area contributed by atoms with Crippen LogP contribution in [0.3, 0.4) is 0 Å². The molecule has 1 aliphatic heterocycles.